The van der Waals surface area contributed by atoms with Gasteiger partial charge in [-0.15, -0.1) is 0 Å². The Labute approximate surface area is 167 Å². The summed E-state index contributed by atoms with van der Waals surface area (Å²) in [5.74, 6) is -0.381. The normalized spacial score (nSPS) is 16.0. The first-order valence-corrected chi connectivity index (χ1v) is 9.41. The van der Waals surface area contributed by atoms with Crippen molar-refractivity contribution in [3.8, 4) is 5.75 Å². The topological polar surface area (TPSA) is 64.2 Å². The summed E-state index contributed by atoms with van der Waals surface area (Å²) in [5, 5.41) is 0.332. The van der Waals surface area contributed by atoms with Gasteiger partial charge in [0.2, 0.25) is 5.76 Å². The first-order chi connectivity index (χ1) is 13.9. The number of hydrogen-bond acceptors (Lipinski definition) is 4. The highest BCUT2D eigenvalue weighted by Gasteiger charge is 2.43. The van der Waals surface area contributed by atoms with Crippen molar-refractivity contribution in [1.82, 2.24) is 4.90 Å². The van der Waals surface area contributed by atoms with E-state index in [0.717, 1.165) is 4.90 Å². The van der Waals surface area contributed by atoms with Crippen LogP contribution in [-0.4, -0.2) is 45.1 Å². The van der Waals surface area contributed by atoms with Crippen molar-refractivity contribution in [3.05, 3.63) is 75.4 Å². The number of nitrogens with zero attached hydrogens (tertiary/aromatic N) is 1. The highest BCUT2D eigenvalue weighted by atomic mass is 19.1. The van der Waals surface area contributed by atoms with Gasteiger partial charge in [-0.1, -0.05) is 18.2 Å². The molecule has 1 aromatic heterocycles. The third kappa shape index (κ3) is 3.17. The van der Waals surface area contributed by atoms with Crippen LogP contribution in [0.1, 0.15) is 27.7 Å². The SMILES string of the molecule is COc1ccc2c(=O)c3c(oc2c1)C(=O)N(CC[NH+](C)C)[C@@H]3c1ccccc1F. The van der Waals surface area contributed by atoms with E-state index in [1.807, 2.05) is 14.1 Å². The van der Waals surface area contributed by atoms with Gasteiger partial charge in [-0.05, 0) is 18.2 Å². The predicted octanol–water partition coefficient (Wildman–Crippen LogP) is 1.63. The number of rotatable bonds is 5. The molecule has 0 spiro atoms. The number of halogens is 1. The second kappa shape index (κ2) is 7.33. The van der Waals surface area contributed by atoms with E-state index in [-0.39, 0.29) is 27.9 Å². The minimum Gasteiger partial charge on any atom is -0.497 e. The van der Waals surface area contributed by atoms with Crippen molar-refractivity contribution in [1.29, 1.82) is 0 Å². The van der Waals surface area contributed by atoms with Gasteiger partial charge in [0.05, 0.1) is 51.3 Å². The molecular formula is C22H22FN2O4+. The number of carbonyl (C=O) groups excluding carboxylic acids is 1. The van der Waals surface area contributed by atoms with Crippen molar-refractivity contribution >= 4 is 16.9 Å². The van der Waals surface area contributed by atoms with Crippen LogP contribution in [-0.2, 0) is 0 Å². The molecule has 0 fully saturated rings. The number of quaternary nitrogens is 1. The largest absolute Gasteiger partial charge is 0.497 e. The summed E-state index contributed by atoms with van der Waals surface area (Å²) in [4.78, 5) is 29.2. The fourth-order valence-corrected chi connectivity index (χ4v) is 3.72. The van der Waals surface area contributed by atoms with Gasteiger partial charge in [-0.3, -0.25) is 9.59 Å². The predicted molar refractivity (Wildman–Crippen MR) is 106 cm³/mol. The maximum Gasteiger partial charge on any atom is 0.291 e. The number of nitrogens with one attached hydrogen (secondary N) is 1. The number of amides is 1. The summed E-state index contributed by atoms with van der Waals surface area (Å²) < 4.78 is 25.7. The van der Waals surface area contributed by atoms with Crippen molar-refractivity contribution in [2.45, 2.75) is 6.04 Å². The van der Waals surface area contributed by atoms with Gasteiger partial charge in [0.15, 0.2) is 5.43 Å². The van der Waals surface area contributed by atoms with E-state index >= 15 is 0 Å². The molecule has 0 radical (unpaired) electrons. The first kappa shape index (κ1) is 19.1. The van der Waals surface area contributed by atoms with Crippen molar-refractivity contribution in [2.75, 3.05) is 34.3 Å². The molecule has 1 amide bonds. The molecule has 150 valence electrons. The molecule has 1 aliphatic rings. The van der Waals surface area contributed by atoms with Gasteiger partial charge in [-0.2, -0.15) is 0 Å². The maximum atomic E-state index is 14.7. The van der Waals surface area contributed by atoms with E-state index < -0.39 is 17.8 Å². The van der Waals surface area contributed by atoms with Gasteiger partial charge < -0.3 is 19.0 Å². The number of hydrogen-bond donors (Lipinski definition) is 1. The van der Waals surface area contributed by atoms with Crippen LogP contribution in [0, 0.1) is 5.82 Å². The molecule has 2 aromatic carbocycles. The standard InChI is InChI=1S/C22H21FN2O4/c1-24(2)10-11-25-19(14-6-4-5-7-16(14)23)18-20(26)15-9-8-13(28-3)12-17(15)29-21(18)22(25)27/h4-9,12,19H,10-11H2,1-3H3/p+1/t19-/m1/s1. The Morgan fingerprint density at radius 1 is 1.17 bits per heavy atom. The molecule has 3 aromatic rings. The fraction of sp³-hybridized carbons (Fsp3) is 0.273. The number of benzene rings is 2. The third-order valence-corrected chi connectivity index (χ3v) is 5.23. The fourth-order valence-electron chi connectivity index (χ4n) is 3.72. The van der Waals surface area contributed by atoms with E-state index in [2.05, 4.69) is 0 Å². The lowest BCUT2D eigenvalue weighted by Crippen LogP contribution is -3.06. The van der Waals surface area contributed by atoms with Crippen LogP contribution in [0.15, 0.2) is 51.7 Å². The Bertz CT molecular complexity index is 1160. The summed E-state index contributed by atoms with van der Waals surface area (Å²) in [6.07, 6.45) is 0. The number of methoxy groups -OCH3 is 1. The summed E-state index contributed by atoms with van der Waals surface area (Å²) in [6, 6.07) is 10.2. The first-order valence-electron chi connectivity index (χ1n) is 9.41. The van der Waals surface area contributed by atoms with Crippen LogP contribution in [0.2, 0.25) is 0 Å². The lowest BCUT2D eigenvalue weighted by atomic mass is 9.98. The zero-order chi connectivity index (χ0) is 20.7. The van der Waals surface area contributed by atoms with Crippen LogP contribution in [0.3, 0.4) is 0 Å². The highest BCUT2D eigenvalue weighted by molar-refractivity contribution is 5.99. The molecular weight excluding hydrogens is 375 g/mol. The second-order valence-corrected chi connectivity index (χ2v) is 7.42. The minimum atomic E-state index is -0.819. The van der Waals surface area contributed by atoms with Crippen molar-refractivity contribution in [2.24, 2.45) is 0 Å². The van der Waals surface area contributed by atoms with Gasteiger partial charge in [0.1, 0.15) is 17.1 Å². The lowest BCUT2D eigenvalue weighted by molar-refractivity contribution is -0.857. The summed E-state index contributed by atoms with van der Waals surface area (Å²) in [6.45, 7) is 1.01. The summed E-state index contributed by atoms with van der Waals surface area (Å²) in [7, 11) is 5.45. The van der Waals surface area contributed by atoms with Gasteiger partial charge >= 0.3 is 0 Å². The molecule has 2 heterocycles. The number of likely N-dealkylation sites (N-methyl/N-ethyl adjacent to an activating group) is 1. The number of fused-ring (bicyclic) bond motifs is 2. The van der Waals surface area contributed by atoms with E-state index in [4.69, 9.17) is 9.15 Å². The molecule has 1 atom stereocenters. The summed E-state index contributed by atoms with van der Waals surface area (Å²) >= 11 is 0. The average Bonchev–Trinajstić information content (AvgIpc) is 2.98. The highest BCUT2D eigenvalue weighted by Crippen LogP contribution is 2.39. The van der Waals surface area contributed by atoms with E-state index in [1.54, 1.807) is 36.4 Å². The zero-order valence-electron chi connectivity index (χ0n) is 16.5. The molecule has 0 unspecified atom stereocenters. The molecule has 0 saturated heterocycles. The monoisotopic (exact) mass is 397 g/mol. The Balaban J connectivity index is 1.96. The maximum absolute atomic E-state index is 14.7. The zero-order valence-corrected chi connectivity index (χ0v) is 16.5. The van der Waals surface area contributed by atoms with Crippen LogP contribution in [0.25, 0.3) is 11.0 Å². The summed E-state index contributed by atoms with van der Waals surface area (Å²) in [5.41, 5.74) is 0.416. The quantitative estimate of drug-likeness (QED) is 0.711. The Morgan fingerprint density at radius 3 is 2.62 bits per heavy atom. The molecule has 7 heteroatoms. The molecule has 6 nitrogen and oxygen atoms in total. The Hall–Kier alpha value is -3.19. The van der Waals surface area contributed by atoms with Gasteiger partial charge in [0.25, 0.3) is 5.91 Å². The third-order valence-electron chi connectivity index (χ3n) is 5.23. The van der Waals surface area contributed by atoms with Crippen LogP contribution in [0.4, 0.5) is 4.39 Å². The molecule has 0 bridgehead atoms. The van der Waals surface area contributed by atoms with E-state index in [9.17, 15) is 14.0 Å². The minimum absolute atomic E-state index is 0.0298. The molecule has 0 saturated carbocycles. The lowest BCUT2D eigenvalue weighted by Gasteiger charge is -2.25. The van der Waals surface area contributed by atoms with Crippen molar-refractivity contribution in [3.63, 3.8) is 0 Å². The van der Waals surface area contributed by atoms with Crippen LogP contribution in [0.5, 0.6) is 5.75 Å². The van der Waals surface area contributed by atoms with Crippen molar-refractivity contribution < 1.29 is 23.2 Å². The number of carbonyl (C=O) groups is 1. The second-order valence-electron chi connectivity index (χ2n) is 7.42. The van der Waals surface area contributed by atoms with Crippen LogP contribution < -0.4 is 15.1 Å². The van der Waals surface area contributed by atoms with Crippen LogP contribution >= 0.6 is 0 Å². The van der Waals surface area contributed by atoms with Gasteiger partial charge in [-0.25, -0.2) is 4.39 Å². The molecule has 4 rings (SSSR count). The molecule has 1 N–H and O–H groups in total. The molecule has 0 aliphatic carbocycles. The molecule has 1 aliphatic heterocycles. The average molecular weight is 397 g/mol. The number of ether oxygens (including phenoxy) is 1. The molecule has 29 heavy (non-hydrogen) atoms. The Kier molecular flexibility index (Phi) is 4.84. The van der Waals surface area contributed by atoms with E-state index in [0.29, 0.717) is 24.2 Å². The smallest absolute Gasteiger partial charge is 0.291 e. The Morgan fingerprint density at radius 2 is 1.93 bits per heavy atom. The van der Waals surface area contributed by atoms with Gasteiger partial charge in [0, 0.05) is 11.6 Å². The van der Waals surface area contributed by atoms with E-state index in [1.165, 1.54) is 18.1 Å².